The van der Waals surface area contributed by atoms with Crippen LogP contribution < -0.4 is 20.1 Å². The minimum atomic E-state index is -0.430. The molecule has 3 aromatic rings. The van der Waals surface area contributed by atoms with Crippen LogP contribution in [0.3, 0.4) is 0 Å². The number of nitrogens with one attached hydrogen (secondary N) is 2. The van der Waals surface area contributed by atoms with E-state index in [0.717, 1.165) is 17.1 Å². The van der Waals surface area contributed by atoms with E-state index in [-0.39, 0.29) is 6.79 Å². The Hall–Kier alpha value is -3.81. The van der Waals surface area contributed by atoms with Gasteiger partial charge in [-0.1, -0.05) is 18.2 Å². The second-order valence-corrected chi connectivity index (χ2v) is 5.97. The fourth-order valence-electron chi connectivity index (χ4n) is 2.76. The summed E-state index contributed by atoms with van der Waals surface area (Å²) in [7, 11) is 1.34. The molecule has 0 unspecified atom stereocenters. The number of rotatable bonds is 6. The summed E-state index contributed by atoms with van der Waals surface area (Å²) in [4.78, 5) is 20.5. The van der Waals surface area contributed by atoms with Gasteiger partial charge in [-0.15, -0.1) is 0 Å². The van der Waals surface area contributed by atoms with Crippen LogP contribution in [0.1, 0.15) is 15.9 Å². The molecular weight excluding hydrogens is 360 g/mol. The van der Waals surface area contributed by atoms with Gasteiger partial charge in [-0.25, -0.2) is 9.78 Å². The quantitative estimate of drug-likeness (QED) is 0.631. The number of carbonyl (C=O) groups excluding carboxylic acids is 1. The Kier molecular flexibility index (Phi) is 4.92. The third-order valence-corrected chi connectivity index (χ3v) is 4.15. The predicted molar refractivity (Wildman–Crippen MR) is 103 cm³/mol. The zero-order chi connectivity index (χ0) is 19.3. The van der Waals surface area contributed by atoms with Gasteiger partial charge < -0.3 is 24.8 Å². The molecule has 0 fully saturated rings. The van der Waals surface area contributed by atoms with Gasteiger partial charge in [0.25, 0.3) is 0 Å². The van der Waals surface area contributed by atoms with E-state index in [1.807, 2.05) is 24.3 Å². The maximum absolute atomic E-state index is 11.9. The Bertz CT molecular complexity index is 1010. The van der Waals surface area contributed by atoms with Gasteiger partial charge in [0, 0.05) is 12.7 Å². The van der Waals surface area contributed by atoms with Gasteiger partial charge in [0.15, 0.2) is 11.5 Å². The number of para-hydroxylation sites is 1. The summed E-state index contributed by atoms with van der Waals surface area (Å²) < 4.78 is 15.5. The monoisotopic (exact) mass is 378 g/mol. The Balaban J connectivity index is 1.46. The van der Waals surface area contributed by atoms with Gasteiger partial charge in [-0.05, 0) is 35.9 Å². The third kappa shape index (κ3) is 3.80. The molecule has 2 heterocycles. The number of methoxy groups -OCH3 is 1. The Morgan fingerprint density at radius 1 is 1.14 bits per heavy atom. The molecule has 0 radical (unpaired) electrons. The van der Waals surface area contributed by atoms with E-state index in [1.165, 1.54) is 7.11 Å². The molecule has 8 nitrogen and oxygen atoms in total. The number of benzene rings is 2. The van der Waals surface area contributed by atoms with Crippen LogP contribution in [0.15, 0.2) is 54.7 Å². The van der Waals surface area contributed by atoms with Crippen LogP contribution in [0, 0.1) is 0 Å². The molecule has 0 atom stereocenters. The van der Waals surface area contributed by atoms with E-state index in [2.05, 4.69) is 20.6 Å². The predicted octanol–water partition coefficient (Wildman–Crippen LogP) is 3.35. The Morgan fingerprint density at radius 3 is 2.89 bits per heavy atom. The number of anilines is 3. The van der Waals surface area contributed by atoms with Crippen molar-refractivity contribution >= 4 is 23.4 Å². The number of nitrogens with zero attached hydrogens (tertiary/aromatic N) is 2. The van der Waals surface area contributed by atoms with Gasteiger partial charge in [0.2, 0.25) is 12.7 Å². The first-order valence-corrected chi connectivity index (χ1v) is 8.63. The molecule has 1 aliphatic rings. The first kappa shape index (κ1) is 17.6. The molecular formula is C20H18N4O4. The van der Waals surface area contributed by atoms with Crippen molar-refractivity contribution in [3.8, 4) is 11.5 Å². The fourth-order valence-corrected chi connectivity index (χ4v) is 2.76. The molecule has 1 aliphatic heterocycles. The molecule has 8 heteroatoms. The van der Waals surface area contributed by atoms with E-state index < -0.39 is 5.97 Å². The zero-order valence-electron chi connectivity index (χ0n) is 15.1. The molecule has 0 amide bonds. The third-order valence-electron chi connectivity index (χ3n) is 4.15. The van der Waals surface area contributed by atoms with Gasteiger partial charge in [0.05, 0.1) is 18.4 Å². The van der Waals surface area contributed by atoms with Gasteiger partial charge >= 0.3 is 5.97 Å². The normalized spacial score (nSPS) is 11.8. The zero-order valence-corrected chi connectivity index (χ0v) is 15.1. The highest BCUT2D eigenvalue weighted by Crippen LogP contribution is 2.32. The lowest BCUT2D eigenvalue weighted by Crippen LogP contribution is -2.08. The number of aromatic nitrogens is 2. The molecule has 2 N–H and O–H groups in total. The molecule has 2 aromatic carbocycles. The molecule has 28 heavy (non-hydrogen) atoms. The molecule has 0 saturated heterocycles. The SMILES string of the molecule is COC(=O)c1ccccc1Nc1nccc(NCc2ccc3c(c2)OCO3)n1. The van der Waals surface area contributed by atoms with Crippen molar-refractivity contribution in [3.05, 3.63) is 65.9 Å². The molecule has 4 rings (SSSR count). The summed E-state index contributed by atoms with van der Waals surface area (Å²) in [6.07, 6.45) is 1.64. The standard InChI is InChI=1S/C20H18N4O4/c1-26-19(25)14-4-2-3-5-15(14)23-20-21-9-8-18(24-20)22-11-13-6-7-16-17(10-13)28-12-27-16/h2-10H,11-12H2,1H3,(H2,21,22,23,24). The highest BCUT2D eigenvalue weighted by Gasteiger charge is 2.14. The number of fused-ring (bicyclic) bond motifs is 1. The lowest BCUT2D eigenvalue weighted by molar-refractivity contribution is 0.0602. The number of carbonyl (C=O) groups is 1. The first-order chi connectivity index (χ1) is 13.7. The summed E-state index contributed by atoms with van der Waals surface area (Å²) in [5.74, 6) is 2.07. The number of ether oxygens (including phenoxy) is 3. The van der Waals surface area contributed by atoms with Crippen molar-refractivity contribution < 1.29 is 19.0 Å². The smallest absolute Gasteiger partial charge is 0.339 e. The van der Waals surface area contributed by atoms with Crippen molar-refractivity contribution in [3.63, 3.8) is 0 Å². The summed E-state index contributed by atoms with van der Waals surface area (Å²) in [5.41, 5.74) is 2.02. The number of hydrogen-bond acceptors (Lipinski definition) is 8. The fraction of sp³-hybridized carbons (Fsp3) is 0.150. The molecule has 142 valence electrons. The van der Waals surface area contributed by atoms with Crippen LogP contribution >= 0.6 is 0 Å². The number of hydrogen-bond donors (Lipinski definition) is 2. The van der Waals surface area contributed by atoms with Crippen LogP contribution in [0.4, 0.5) is 17.5 Å². The highest BCUT2D eigenvalue weighted by atomic mass is 16.7. The van der Waals surface area contributed by atoms with Crippen molar-refractivity contribution in [2.24, 2.45) is 0 Å². The minimum Gasteiger partial charge on any atom is -0.465 e. The Labute approximate surface area is 161 Å². The van der Waals surface area contributed by atoms with E-state index in [4.69, 9.17) is 14.2 Å². The second-order valence-electron chi connectivity index (χ2n) is 5.97. The highest BCUT2D eigenvalue weighted by molar-refractivity contribution is 5.96. The molecule has 1 aromatic heterocycles. The molecule has 0 bridgehead atoms. The Morgan fingerprint density at radius 2 is 2.00 bits per heavy atom. The van der Waals surface area contributed by atoms with E-state index in [9.17, 15) is 4.79 Å². The van der Waals surface area contributed by atoms with Crippen LogP contribution in [-0.4, -0.2) is 29.8 Å². The van der Waals surface area contributed by atoms with Gasteiger partial charge in [-0.3, -0.25) is 0 Å². The van der Waals surface area contributed by atoms with Crippen LogP contribution in [-0.2, 0) is 11.3 Å². The van der Waals surface area contributed by atoms with Crippen molar-refractivity contribution in [1.29, 1.82) is 0 Å². The average molecular weight is 378 g/mol. The summed E-state index contributed by atoms with van der Waals surface area (Å²) >= 11 is 0. The summed E-state index contributed by atoms with van der Waals surface area (Å²) in [5, 5.41) is 6.31. The van der Waals surface area contributed by atoms with E-state index in [0.29, 0.717) is 29.6 Å². The number of esters is 1. The van der Waals surface area contributed by atoms with E-state index >= 15 is 0 Å². The molecule has 0 aliphatic carbocycles. The lowest BCUT2D eigenvalue weighted by Gasteiger charge is -2.11. The van der Waals surface area contributed by atoms with Crippen molar-refractivity contribution in [1.82, 2.24) is 9.97 Å². The molecule has 0 saturated carbocycles. The topological polar surface area (TPSA) is 94.6 Å². The second kappa shape index (κ2) is 7.83. The molecule has 0 spiro atoms. The van der Waals surface area contributed by atoms with Crippen LogP contribution in [0.5, 0.6) is 11.5 Å². The lowest BCUT2D eigenvalue weighted by atomic mass is 10.2. The van der Waals surface area contributed by atoms with E-state index in [1.54, 1.807) is 30.5 Å². The summed E-state index contributed by atoms with van der Waals surface area (Å²) in [6.45, 7) is 0.812. The largest absolute Gasteiger partial charge is 0.465 e. The maximum Gasteiger partial charge on any atom is 0.339 e. The van der Waals surface area contributed by atoms with Crippen molar-refractivity contribution in [2.75, 3.05) is 24.5 Å². The van der Waals surface area contributed by atoms with Crippen LogP contribution in [0.25, 0.3) is 0 Å². The van der Waals surface area contributed by atoms with Gasteiger partial charge in [-0.2, -0.15) is 4.98 Å². The maximum atomic E-state index is 11.9. The minimum absolute atomic E-state index is 0.250. The summed E-state index contributed by atoms with van der Waals surface area (Å²) in [6, 6.07) is 14.6. The van der Waals surface area contributed by atoms with Gasteiger partial charge in [0.1, 0.15) is 5.82 Å². The van der Waals surface area contributed by atoms with Crippen LogP contribution in [0.2, 0.25) is 0 Å². The first-order valence-electron chi connectivity index (χ1n) is 8.63. The van der Waals surface area contributed by atoms with Crippen molar-refractivity contribution in [2.45, 2.75) is 6.54 Å². The average Bonchev–Trinajstić information content (AvgIpc) is 3.20.